The maximum Gasteiger partial charge on any atom is 0.161 e. The van der Waals surface area contributed by atoms with Crippen LogP contribution in [0.2, 0.25) is 0 Å². The molecule has 1 aromatic rings. The summed E-state index contributed by atoms with van der Waals surface area (Å²) in [7, 11) is 1.54. The second kappa shape index (κ2) is 6.96. The molecule has 0 amide bonds. The Morgan fingerprint density at radius 1 is 1.39 bits per heavy atom. The first-order valence-corrected chi connectivity index (χ1v) is 6.03. The Morgan fingerprint density at radius 2 is 2.11 bits per heavy atom. The monoisotopic (exact) mass is 267 g/mol. The molecule has 0 N–H and O–H groups in total. The van der Waals surface area contributed by atoms with Crippen molar-refractivity contribution in [1.82, 2.24) is 0 Å². The number of carbonyl (C=O) groups excluding carboxylic acids is 1. The van der Waals surface area contributed by atoms with Gasteiger partial charge in [0.05, 0.1) is 19.7 Å². The van der Waals surface area contributed by atoms with Gasteiger partial charge in [0, 0.05) is 11.3 Å². The van der Waals surface area contributed by atoms with Crippen molar-refractivity contribution in [2.45, 2.75) is 19.8 Å². The number of benzene rings is 1. The van der Waals surface area contributed by atoms with Crippen molar-refractivity contribution in [3.8, 4) is 11.5 Å². The van der Waals surface area contributed by atoms with E-state index in [4.69, 9.17) is 21.7 Å². The SMILES string of the molecule is CCCOc1ccc(CC(=S)C(=O)[O-])cc1OC. The number of carboxylic acid groups (broad SMARTS) is 1. The number of methoxy groups -OCH3 is 1. The highest BCUT2D eigenvalue weighted by Crippen LogP contribution is 2.28. The zero-order valence-electron chi connectivity index (χ0n) is 10.4. The molecule has 0 aliphatic heterocycles. The Bertz CT molecular complexity index is 443. The fourth-order valence-electron chi connectivity index (χ4n) is 1.41. The van der Waals surface area contributed by atoms with Gasteiger partial charge in [0.1, 0.15) is 0 Å². The lowest BCUT2D eigenvalue weighted by Gasteiger charge is -2.12. The molecule has 4 nitrogen and oxygen atoms in total. The molecule has 5 heteroatoms. The topological polar surface area (TPSA) is 58.6 Å². The molecule has 0 bridgehead atoms. The van der Waals surface area contributed by atoms with Crippen LogP contribution in [0.15, 0.2) is 18.2 Å². The van der Waals surface area contributed by atoms with Crippen LogP contribution in [0.3, 0.4) is 0 Å². The van der Waals surface area contributed by atoms with Crippen molar-refractivity contribution < 1.29 is 19.4 Å². The number of ether oxygens (including phenoxy) is 2. The predicted octanol–water partition coefficient (Wildman–Crippen LogP) is 1.15. The summed E-state index contributed by atoms with van der Waals surface area (Å²) in [5.41, 5.74) is 0.755. The zero-order chi connectivity index (χ0) is 13.5. The van der Waals surface area contributed by atoms with E-state index in [-0.39, 0.29) is 11.3 Å². The van der Waals surface area contributed by atoms with Crippen LogP contribution in [0.25, 0.3) is 0 Å². The highest BCUT2D eigenvalue weighted by Gasteiger charge is 2.07. The third-order valence-electron chi connectivity index (χ3n) is 2.28. The first-order valence-electron chi connectivity index (χ1n) is 5.62. The Labute approximate surface area is 112 Å². The van der Waals surface area contributed by atoms with Gasteiger partial charge >= 0.3 is 0 Å². The molecule has 0 saturated heterocycles. The first-order chi connectivity index (χ1) is 8.58. The maximum absolute atomic E-state index is 10.6. The molecular weight excluding hydrogens is 252 g/mol. The average Bonchev–Trinajstić information content (AvgIpc) is 2.36. The Kier molecular flexibility index (Phi) is 5.58. The molecule has 98 valence electrons. The van der Waals surface area contributed by atoms with Gasteiger partial charge in [-0.05, 0) is 24.1 Å². The predicted molar refractivity (Wildman–Crippen MR) is 70.1 cm³/mol. The van der Waals surface area contributed by atoms with E-state index in [0.717, 1.165) is 12.0 Å². The standard InChI is InChI=1S/C13H16O4S/c1-3-6-17-10-5-4-9(7-11(10)16-2)8-12(18)13(14)15/h4-5,7H,3,6,8H2,1-2H3,(H,14,15)/p-1. The molecule has 0 atom stereocenters. The van der Waals surface area contributed by atoms with Crippen LogP contribution in [-0.2, 0) is 11.2 Å². The van der Waals surface area contributed by atoms with E-state index < -0.39 is 5.97 Å². The van der Waals surface area contributed by atoms with Crippen molar-refractivity contribution in [2.75, 3.05) is 13.7 Å². The molecule has 0 heterocycles. The summed E-state index contributed by atoms with van der Waals surface area (Å²) in [4.78, 5) is 10.4. The minimum absolute atomic E-state index is 0.126. The largest absolute Gasteiger partial charge is 0.544 e. The molecule has 18 heavy (non-hydrogen) atoms. The van der Waals surface area contributed by atoms with Gasteiger partial charge in [0.2, 0.25) is 0 Å². The van der Waals surface area contributed by atoms with Crippen LogP contribution >= 0.6 is 12.2 Å². The minimum atomic E-state index is -1.31. The number of rotatable bonds is 7. The van der Waals surface area contributed by atoms with E-state index in [1.807, 2.05) is 6.92 Å². The lowest BCUT2D eigenvalue weighted by atomic mass is 10.1. The van der Waals surface area contributed by atoms with Gasteiger partial charge in [-0.1, -0.05) is 25.2 Å². The quantitative estimate of drug-likeness (QED) is 0.693. The van der Waals surface area contributed by atoms with Gasteiger partial charge < -0.3 is 19.4 Å². The third kappa shape index (κ3) is 4.00. The van der Waals surface area contributed by atoms with Gasteiger partial charge in [-0.15, -0.1) is 0 Å². The van der Waals surface area contributed by atoms with E-state index in [1.165, 1.54) is 7.11 Å². The van der Waals surface area contributed by atoms with E-state index in [9.17, 15) is 9.90 Å². The third-order valence-corrected chi connectivity index (χ3v) is 2.59. The molecule has 0 aromatic heterocycles. The van der Waals surface area contributed by atoms with Crippen molar-refractivity contribution >= 4 is 23.1 Å². The minimum Gasteiger partial charge on any atom is -0.544 e. The summed E-state index contributed by atoms with van der Waals surface area (Å²) < 4.78 is 10.7. The van der Waals surface area contributed by atoms with Crippen molar-refractivity contribution in [1.29, 1.82) is 0 Å². The molecule has 0 unspecified atom stereocenters. The average molecular weight is 267 g/mol. The Morgan fingerprint density at radius 3 is 2.67 bits per heavy atom. The van der Waals surface area contributed by atoms with Crippen molar-refractivity contribution in [2.24, 2.45) is 0 Å². The number of thiocarbonyl (C=S) groups is 1. The summed E-state index contributed by atoms with van der Waals surface area (Å²) in [5.74, 6) is -0.0974. The smallest absolute Gasteiger partial charge is 0.161 e. The fourth-order valence-corrected chi connectivity index (χ4v) is 1.58. The number of carbonyl (C=O) groups is 1. The summed E-state index contributed by atoms with van der Waals surface area (Å²) in [6.07, 6.45) is 1.06. The lowest BCUT2D eigenvalue weighted by molar-refractivity contribution is -0.293. The normalized spacial score (nSPS) is 9.89. The van der Waals surface area contributed by atoms with Gasteiger partial charge in [-0.3, -0.25) is 0 Å². The molecule has 0 spiro atoms. The highest BCUT2D eigenvalue weighted by molar-refractivity contribution is 7.82. The highest BCUT2D eigenvalue weighted by atomic mass is 32.1. The molecule has 1 aromatic carbocycles. The van der Waals surface area contributed by atoms with E-state index in [1.54, 1.807) is 18.2 Å². The van der Waals surface area contributed by atoms with Crippen LogP contribution < -0.4 is 14.6 Å². The van der Waals surface area contributed by atoms with Crippen LogP contribution in [0.4, 0.5) is 0 Å². The molecule has 1 rings (SSSR count). The van der Waals surface area contributed by atoms with E-state index in [2.05, 4.69) is 0 Å². The fraction of sp³-hybridized carbons (Fsp3) is 0.385. The lowest BCUT2D eigenvalue weighted by Crippen LogP contribution is -2.31. The van der Waals surface area contributed by atoms with Crippen molar-refractivity contribution in [3.05, 3.63) is 23.8 Å². The van der Waals surface area contributed by atoms with Crippen LogP contribution in [0, 0.1) is 0 Å². The number of hydrogen-bond acceptors (Lipinski definition) is 5. The summed E-state index contributed by atoms with van der Waals surface area (Å²) in [6.45, 7) is 2.62. The van der Waals surface area contributed by atoms with Crippen LogP contribution in [-0.4, -0.2) is 24.6 Å². The van der Waals surface area contributed by atoms with E-state index >= 15 is 0 Å². The second-order valence-corrected chi connectivity index (χ2v) is 4.21. The summed E-state index contributed by atoms with van der Waals surface area (Å²) in [6, 6.07) is 5.24. The van der Waals surface area contributed by atoms with Crippen molar-refractivity contribution in [3.63, 3.8) is 0 Å². The zero-order valence-corrected chi connectivity index (χ0v) is 11.2. The molecule has 0 fully saturated rings. The van der Waals surface area contributed by atoms with E-state index in [0.29, 0.717) is 18.1 Å². The molecule has 0 aliphatic rings. The van der Waals surface area contributed by atoms with Crippen LogP contribution in [0.5, 0.6) is 11.5 Å². The maximum atomic E-state index is 10.6. The number of hydrogen-bond donors (Lipinski definition) is 0. The summed E-state index contributed by atoms with van der Waals surface area (Å²) >= 11 is 4.71. The number of carboxylic acids is 1. The van der Waals surface area contributed by atoms with Gasteiger partial charge in [0.25, 0.3) is 0 Å². The molecule has 0 aliphatic carbocycles. The molecular formula is C13H15O4S-. The molecule has 0 saturated carbocycles. The van der Waals surface area contributed by atoms with Gasteiger partial charge in [0.15, 0.2) is 11.5 Å². The van der Waals surface area contributed by atoms with Gasteiger partial charge in [-0.2, -0.15) is 0 Å². The van der Waals surface area contributed by atoms with Crippen LogP contribution in [0.1, 0.15) is 18.9 Å². The van der Waals surface area contributed by atoms with Gasteiger partial charge in [-0.25, -0.2) is 0 Å². The second-order valence-electron chi connectivity index (χ2n) is 3.72. The Hall–Kier alpha value is -1.62. The summed E-state index contributed by atoms with van der Waals surface area (Å²) in [5, 5.41) is 10.6. The number of aliphatic carboxylic acids is 1. The molecule has 0 radical (unpaired) electrons. The first kappa shape index (κ1) is 14.4. The Balaban J connectivity index is 2.84.